The van der Waals surface area contributed by atoms with Gasteiger partial charge >= 0.3 is 0 Å². The molecule has 9 heteroatoms. The predicted molar refractivity (Wildman–Crippen MR) is 133 cm³/mol. The fraction of sp³-hybridized carbons (Fsp3) is 0.417. The van der Waals surface area contributed by atoms with Crippen LogP contribution in [0.15, 0.2) is 54.6 Å². The zero-order chi connectivity index (χ0) is 24.4. The molecule has 0 aliphatic heterocycles. The molecule has 33 heavy (non-hydrogen) atoms. The van der Waals surface area contributed by atoms with E-state index in [0.717, 1.165) is 18.2 Å². The summed E-state index contributed by atoms with van der Waals surface area (Å²) in [5.74, 6) is -0.438. The normalized spacial score (nSPS) is 12.1. The van der Waals surface area contributed by atoms with Crippen molar-refractivity contribution in [3.63, 3.8) is 0 Å². The number of nitrogens with zero attached hydrogens (tertiary/aromatic N) is 2. The molecule has 0 aromatic heterocycles. The van der Waals surface area contributed by atoms with Crippen LogP contribution in [0.25, 0.3) is 0 Å². The standard InChI is InChI=1S/C24H32ClN3O4S/c1-4-16-26-24(30)19(2)27(18-20-12-14-21(25)15-13-20)23(29)11-8-17-28(33(3,31)32)22-9-6-5-7-10-22/h5-7,9-10,12-15,19H,4,8,11,16-18H2,1-3H3,(H,26,30)/t19-/m0/s1. The summed E-state index contributed by atoms with van der Waals surface area (Å²) < 4.78 is 25.8. The van der Waals surface area contributed by atoms with Gasteiger partial charge in [-0.3, -0.25) is 13.9 Å². The molecule has 0 fully saturated rings. The van der Waals surface area contributed by atoms with Crippen LogP contribution in [0.5, 0.6) is 0 Å². The van der Waals surface area contributed by atoms with Crippen molar-refractivity contribution in [1.82, 2.24) is 10.2 Å². The van der Waals surface area contributed by atoms with E-state index < -0.39 is 16.1 Å². The zero-order valence-electron chi connectivity index (χ0n) is 19.3. The molecular weight excluding hydrogens is 462 g/mol. The van der Waals surface area contributed by atoms with Crippen LogP contribution in [0.2, 0.25) is 5.02 Å². The Morgan fingerprint density at radius 1 is 1.06 bits per heavy atom. The SMILES string of the molecule is CCCNC(=O)[C@H](C)N(Cc1ccc(Cl)cc1)C(=O)CCCN(c1ccccc1)S(C)(=O)=O. The highest BCUT2D eigenvalue weighted by atomic mass is 35.5. The van der Waals surface area contributed by atoms with E-state index >= 15 is 0 Å². The first kappa shape index (κ1) is 26.7. The highest BCUT2D eigenvalue weighted by Crippen LogP contribution is 2.19. The first-order chi connectivity index (χ1) is 15.6. The highest BCUT2D eigenvalue weighted by molar-refractivity contribution is 7.92. The number of hydrogen-bond acceptors (Lipinski definition) is 4. The van der Waals surface area contributed by atoms with Gasteiger partial charge in [-0.25, -0.2) is 8.42 Å². The van der Waals surface area contributed by atoms with E-state index in [1.807, 2.05) is 25.1 Å². The lowest BCUT2D eigenvalue weighted by molar-refractivity contribution is -0.140. The molecule has 7 nitrogen and oxygen atoms in total. The van der Waals surface area contributed by atoms with E-state index in [-0.39, 0.29) is 31.3 Å². The quantitative estimate of drug-likeness (QED) is 0.486. The second-order valence-corrected chi connectivity index (χ2v) is 10.2. The smallest absolute Gasteiger partial charge is 0.242 e. The molecule has 2 aromatic carbocycles. The van der Waals surface area contributed by atoms with Crippen molar-refractivity contribution >= 4 is 39.1 Å². The Kier molecular flexibility index (Phi) is 10.2. The fourth-order valence-electron chi connectivity index (χ4n) is 3.36. The zero-order valence-corrected chi connectivity index (χ0v) is 20.9. The molecule has 0 radical (unpaired) electrons. The lowest BCUT2D eigenvalue weighted by Gasteiger charge is -2.29. The lowest BCUT2D eigenvalue weighted by atomic mass is 10.1. The molecule has 0 heterocycles. The van der Waals surface area contributed by atoms with E-state index in [0.29, 0.717) is 23.7 Å². The Labute approximate surface area is 201 Å². The summed E-state index contributed by atoms with van der Waals surface area (Å²) in [6.45, 7) is 4.62. The van der Waals surface area contributed by atoms with Crippen LogP contribution in [0.3, 0.4) is 0 Å². The van der Waals surface area contributed by atoms with Crippen molar-refractivity contribution in [3.8, 4) is 0 Å². The van der Waals surface area contributed by atoms with Crippen molar-refractivity contribution in [2.75, 3.05) is 23.7 Å². The Balaban J connectivity index is 2.12. The molecule has 1 N–H and O–H groups in total. The number of hydrogen-bond donors (Lipinski definition) is 1. The molecule has 0 saturated heterocycles. The van der Waals surface area contributed by atoms with E-state index in [9.17, 15) is 18.0 Å². The number of carbonyl (C=O) groups is 2. The topological polar surface area (TPSA) is 86.8 Å². The third kappa shape index (κ3) is 8.37. The molecule has 2 aromatic rings. The molecule has 1 atom stereocenters. The van der Waals surface area contributed by atoms with Gasteiger partial charge in [-0.05, 0) is 49.6 Å². The molecule has 0 spiro atoms. The lowest BCUT2D eigenvalue weighted by Crippen LogP contribution is -2.47. The third-order valence-electron chi connectivity index (χ3n) is 5.18. The third-order valence-corrected chi connectivity index (χ3v) is 6.63. The number of nitrogens with one attached hydrogen (secondary N) is 1. The maximum Gasteiger partial charge on any atom is 0.242 e. The van der Waals surface area contributed by atoms with Gasteiger partial charge in [-0.1, -0.05) is 48.9 Å². The summed E-state index contributed by atoms with van der Waals surface area (Å²) in [6.07, 6.45) is 2.37. The summed E-state index contributed by atoms with van der Waals surface area (Å²) >= 11 is 5.97. The van der Waals surface area contributed by atoms with Gasteiger partial charge in [-0.2, -0.15) is 0 Å². The van der Waals surface area contributed by atoms with Crippen molar-refractivity contribution in [2.24, 2.45) is 0 Å². The highest BCUT2D eigenvalue weighted by Gasteiger charge is 2.26. The van der Waals surface area contributed by atoms with Gasteiger partial charge in [0.25, 0.3) is 0 Å². The number of halogens is 1. The van der Waals surface area contributed by atoms with E-state index in [2.05, 4.69) is 5.32 Å². The van der Waals surface area contributed by atoms with Crippen LogP contribution in [0.1, 0.15) is 38.7 Å². The minimum atomic E-state index is -3.50. The minimum Gasteiger partial charge on any atom is -0.354 e. The number of para-hydroxylation sites is 1. The maximum absolute atomic E-state index is 13.2. The first-order valence-corrected chi connectivity index (χ1v) is 13.2. The van der Waals surface area contributed by atoms with Gasteiger partial charge in [-0.15, -0.1) is 0 Å². The average molecular weight is 494 g/mol. The number of benzene rings is 2. The Bertz CT molecular complexity index is 1010. The number of carbonyl (C=O) groups excluding carboxylic acids is 2. The second-order valence-electron chi connectivity index (χ2n) is 7.89. The Morgan fingerprint density at radius 3 is 2.27 bits per heavy atom. The average Bonchev–Trinajstić information content (AvgIpc) is 2.79. The van der Waals surface area contributed by atoms with Crippen LogP contribution in [-0.2, 0) is 26.2 Å². The summed E-state index contributed by atoms with van der Waals surface area (Å²) in [5.41, 5.74) is 1.41. The molecule has 0 saturated carbocycles. The molecular formula is C24H32ClN3O4S. The van der Waals surface area contributed by atoms with Gasteiger partial charge < -0.3 is 10.2 Å². The Morgan fingerprint density at radius 2 is 1.70 bits per heavy atom. The van der Waals surface area contributed by atoms with Crippen LogP contribution in [-0.4, -0.2) is 50.5 Å². The number of anilines is 1. The summed E-state index contributed by atoms with van der Waals surface area (Å²) in [5, 5.41) is 3.43. The van der Waals surface area contributed by atoms with Gasteiger partial charge in [0, 0.05) is 31.1 Å². The van der Waals surface area contributed by atoms with Gasteiger partial charge in [0.05, 0.1) is 11.9 Å². The molecule has 2 rings (SSSR count). The monoisotopic (exact) mass is 493 g/mol. The number of amides is 2. The number of sulfonamides is 1. The molecule has 2 amide bonds. The summed E-state index contributed by atoms with van der Waals surface area (Å²) in [4.78, 5) is 27.3. The molecule has 180 valence electrons. The van der Waals surface area contributed by atoms with E-state index in [1.54, 1.807) is 43.3 Å². The van der Waals surface area contributed by atoms with E-state index in [4.69, 9.17) is 11.6 Å². The van der Waals surface area contributed by atoms with Crippen molar-refractivity contribution in [1.29, 1.82) is 0 Å². The van der Waals surface area contributed by atoms with Gasteiger partial charge in [0.2, 0.25) is 21.8 Å². The van der Waals surface area contributed by atoms with Gasteiger partial charge in [0.15, 0.2) is 0 Å². The van der Waals surface area contributed by atoms with Crippen LogP contribution in [0.4, 0.5) is 5.69 Å². The Hall–Kier alpha value is -2.58. The first-order valence-electron chi connectivity index (χ1n) is 11.0. The summed E-state index contributed by atoms with van der Waals surface area (Å²) in [6, 6.07) is 15.2. The van der Waals surface area contributed by atoms with E-state index in [1.165, 1.54) is 9.21 Å². The molecule has 0 unspecified atom stereocenters. The minimum absolute atomic E-state index is 0.109. The van der Waals surface area contributed by atoms with Crippen LogP contribution >= 0.6 is 11.6 Å². The summed E-state index contributed by atoms with van der Waals surface area (Å²) in [7, 11) is -3.50. The van der Waals surface area contributed by atoms with Crippen LogP contribution < -0.4 is 9.62 Å². The number of rotatable bonds is 12. The van der Waals surface area contributed by atoms with Crippen molar-refractivity contribution in [2.45, 2.75) is 45.7 Å². The second kappa shape index (κ2) is 12.6. The molecule has 0 aliphatic rings. The predicted octanol–water partition coefficient (Wildman–Crippen LogP) is 3.83. The van der Waals surface area contributed by atoms with Crippen molar-refractivity contribution in [3.05, 3.63) is 65.2 Å². The van der Waals surface area contributed by atoms with Crippen LogP contribution in [0, 0.1) is 0 Å². The van der Waals surface area contributed by atoms with Gasteiger partial charge in [0.1, 0.15) is 6.04 Å². The molecule has 0 aliphatic carbocycles. The molecule has 0 bridgehead atoms. The fourth-order valence-corrected chi connectivity index (χ4v) is 4.45. The maximum atomic E-state index is 13.2. The van der Waals surface area contributed by atoms with Crippen molar-refractivity contribution < 1.29 is 18.0 Å². The largest absolute Gasteiger partial charge is 0.354 e.